The Balaban J connectivity index is 2.27. The highest BCUT2D eigenvalue weighted by Crippen LogP contribution is 2.29. The molecule has 2 aliphatic rings. The SMILES string of the molecule is COC1C(OC)N(CN2C(=O)N(CCO)C(OC)C2OC)C(=O)N1CCO. The summed E-state index contributed by atoms with van der Waals surface area (Å²) < 4.78 is 21.5. The first kappa shape index (κ1) is 21.6. The summed E-state index contributed by atoms with van der Waals surface area (Å²) in [4.78, 5) is 30.9. The van der Waals surface area contributed by atoms with Crippen LogP contribution < -0.4 is 0 Å². The normalized spacial score (nSPS) is 28.8. The van der Waals surface area contributed by atoms with Gasteiger partial charge in [-0.25, -0.2) is 9.59 Å². The molecule has 156 valence electrons. The fourth-order valence-electron chi connectivity index (χ4n) is 3.46. The van der Waals surface area contributed by atoms with Crippen LogP contribution in [0.15, 0.2) is 0 Å². The van der Waals surface area contributed by atoms with Crippen molar-refractivity contribution in [3.63, 3.8) is 0 Å². The number of nitrogens with zero attached hydrogens (tertiary/aromatic N) is 4. The van der Waals surface area contributed by atoms with Gasteiger partial charge < -0.3 is 29.2 Å². The summed E-state index contributed by atoms with van der Waals surface area (Å²) in [5.74, 6) is 0. The molecule has 0 aliphatic carbocycles. The summed E-state index contributed by atoms with van der Waals surface area (Å²) in [6.45, 7) is -0.498. The van der Waals surface area contributed by atoms with Gasteiger partial charge in [-0.2, -0.15) is 0 Å². The van der Waals surface area contributed by atoms with Crippen LogP contribution >= 0.6 is 0 Å². The molecular formula is C15H28N4O8. The van der Waals surface area contributed by atoms with Gasteiger partial charge in [0, 0.05) is 41.5 Å². The Bertz CT molecular complexity index is 480. The number of hydrogen-bond acceptors (Lipinski definition) is 8. The Hall–Kier alpha value is -1.70. The number of β-amino-alcohol motifs (C(OH)–C–C–N with tert-alkyl or cyclic N) is 2. The molecule has 0 spiro atoms. The van der Waals surface area contributed by atoms with Crippen molar-refractivity contribution in [2.24, 2.45) is 0 Å². The van der Waals surface area contributed by atoms with Crippen LogP contribution in [0, 0.1) is 0 Å². The van der Waals surface area contributed by atoms with Crippen molar-refractivity contribution in [1.82, 2.24) is 19.6 Å². The van der Waals surface area contributed by atoms with Gasteiger partial charge >= 0.3 is 12.1 Å². The first-order valence-electron chi connectivity index (χ1n) is 8.48. The van der Waals surface area contributed by atoms with E-state index in [1.54, 1.807) is 0 Å². The van der Waals surface area contributed by atoms with E-state index >= 15 is 0 Å². The number of ether oxygens (including phenoxy) is 4. The lowest BCUT2D eigenvalue weighted by molar-refractivity contribution is -0.134. The van der Waals surface area contributed by atoms with Crippen LogP contribution in [0.4, 0.5) is 9.59 Å². The lowest BCUT2D eigenvalue weighted by atomic mass is 10.4. The summed E-state index contributed by atoms with van der Waals surface area (Å²) >= 11 is 0. The molecule has 2 heterocycles. The summed E-state index contributed by atoms with van der Waals surface area (Å²) in [7, 11) is 5.71. The zero-order valence-corrected chi connectivity index (χ0v) is 16.0. The highest BCUT2D eigenvalue weighted by molar-refractivity contribution is 5.80. The van der Waals surface area contributed by atoms with Crippen molar-refractivity contribution >= 4 is 12.1 Å². The van der Waals surface area contributed by atoms with E-state index in [0.29, 0.717) is 0 Å². The third-order valence-electron chi connectivity index (χ3n) is 4.65. The maximum atomic E-state index is 12.8. The summed E-state index contributed by atoms with van der Waals surface area (Å²) in [6.07, 6.45) is -3.04. The molecule has 2 N–H and O–H groups in total. The van der Waals surface area contributed by atoms with Crippen LogP contribution in [0.1, 0.15) is 0 Å². The molecule has 2 aliphatic heterocycles. The molecule has 0 aromatic heterocycles. The minimum absolute atomic E-state index is 0.0622. The molecule has 2 fully saturated rings. The molecule has 0 radical (unpaired) electrons. The van der Waals surface area contributed by atoms with Crippen LogP contribution in [-0.4, -0.2) is 128 Å². The molecule has 0 bridgehead atoms. The molecule has 27 heavy (non-hydrogen) atoms. The van der Waals surface area contributed by atoms with Crippen LogP contribution in [-0.2, 0) is 18.9 Å². The smallest absolute Gasteiger partial charge is 0.325 e. The second kappa shape index (κ2) is 9.48. The summed E-state index contributed by atoms with van der Waals surface area (Å²) in [5, 5.41) is 18.5. The first-order valence-corrected chi connectivity index (χ1v) is 8.48. The van der Waals surface area contributed by atoms with E-state index in [-0.39, 0.29) is 33.0 Å². The lowest BCUT2D eigenvalue weighted by Crippen LogP contribution is -2.49. The molecular weight excluding hydrogens is 364 g/mol. The zero-order valence-electron chi connectivity index (χ0n) is 16.0. The Morgan fingerprint density at radius 1 is 0.667 bits per heavy atom. The fourth-order valence-corrected chi connectivity index (χ4v) is 3.46. The number of methoxy groups -OCH3 is 4. The number of aliphatic hydroxyl groups excluding tert-OH is 2. The third-order valence-corrected chi connectivity index (χ3v) is 4.65. The predicted octanol–water partition coefficient (Wildman–Crippen LogP) is -1.71. The Kier molecular flexibility index (Phi) is 7.59. The molecule has 2 rings (SSSR count). The van der Waals surface area contributed by atoms with Gasteiger partial charge in [-0.1, -0.05) is 0 Å². The molecule has 2 saturated heterocycles. The largest absolute Gasteiger partial charge is 0.395 e. The molecule has 12 heteroatoms. The molecule has 0 saturated carbocycles. The van der Waals surface area contributed by atoms with E-state index in [9.17, 15) is 19.8 Å². The fraction of sp³-hybridized carbons (Fsp3) is 0.867. The van der Waals surface area contributed by atoms with E-state index in [0.717, 1.165) is 0 Å². The molecule has 4 amide bonds. The maximum Gasteiger partial charge on any atom is 0.325 e. The van der Waals surface area contributed by atoms with Crippen molar-refractivity contribution in [2.75, 3.05) is 61.4 Å². The maximum absolute atomic E-state index is 12.8. The van der Waals surface area contributed by atoms with Crippen LogP contribution in [0.3, 0.4) is 0 Å². The van der Waals surface area contributed by atoms with E-state index < -0.39 is 37.0 Å². The number of aliphatic hydroxyl groups is 2. The van der Waals surface area contributed by atoms with Gasteiger partial charge in [-0.15, -0.1) is 0 Å². The number of rotatable bonds is 10. The van der Waals surface area contributed by atoms with Crippen molar-refractivity contribution in [2.45, 2.75) is 24.9 Å². The number of hydrogen-bond donors (Lipinski definition) is 2. The van der Waals surface area contributed by atoms with Crippen LogP contribution in [0.2, 0.25) is 0 Å². The van der Waals surface area contributed by atoms with Crippen molar-refractivity contribution in [3.05, 3.63) is 0 Å². The Morgan fingerprint density at radius 2 is 0.963 bits per heavy atom. The Morgan fingerprint density at radius 3 is 1.22 bits per heavy atom. The molecule has 0 aromatic rings. The number of carbonyl (C=O) groups excluding carboxylic acids is 2. The lowest BCUT2D eigenvalue weighted by Gasteiger charge is -2.30. The van der Waals surface area contributed by atoms with Crippen LogP contribution in [0.25, 0.3) is 0 Å². The van der Waals surface area contributed by atoms with E-state index in [4.69, 9.17) is 18.9 Å². The number of carbonyl (C=O) groups is 2. The Labute approximate surface area is 157 Å². The topological polar surface area (TPSA) is 124 Å². The van der Waals surface area contributed by atoms with E-state index in [1.807, 2.05) is 0 Å². The molecule has 4 atom stereocenters. The van der Waals surface area contributed by atoms with E-state index in [2.05, 4.69) is 0 Å². The van der Waals surface area contributed by atoms with Crippen molar-refractivity contribution in [3.8, 4) is 0 Å². The minimum atomic E-state index is -0.785. The van der Waals surface area contributed by atoms with Gasteiger partial charge in [0.15, 0.2) is 24.9 Å². The van der Waals surface area contributed by atoms with Crippen molar-refractivity contribution in [1.29, 1.82) is 0 Å². The molecule has 12 nitrogen and oxygen atoms in total. The first-order chi connectivity index (χ1) is 13.0. The van der Waals surface area contributed by atoms with E-state index in [1.165, 1.54) is 48.0 Å². The van der Waals surface area contributed by atoms with Gasteiger partial charge in [-0.3, -0.25) is 19.6 Å². The van der Waals surface area contributed by atoms with Gasteiger partial charge in [0.05, 0.1) is 13.2 Å². The van der Waals surface area contributed by atoms with Crippen LogP contribution in [0.5, 0.6) is 0 Å². The highest BCUT2D eigenvalue weighted by Gasteiger charge is 2.52. The standard InChI is InChI=1S/C15H28N4O8/c1-24-10-12(26-3)18(14(22)16(10)5-7-20)9-19-13(27-4)11(25-2)17(6-8-21)15(19)23/h10-13,20-21H,5-9H2,1-4H3. The average molecular weight is 392 g/mol. The quantitative estimate of drug-likeness (QED) is 0.451. The second-order valence-corrected chi connectivity index (χ2v) is 5.99. The second-order valence-electron chi connectivity index (χ2n) is 5.99. The molecule has 0 aromatic carbocycles. The van der Waals surface area contributed by atoms with Crippen molar-refractivity contribution < 1.29 is 38.7 Å². The summed E-state index contributed by atoms with van der Waals surface area (Å²) in [6, 6.07) is -0.889. The highest BCUT2D eigenvalue weighted by atomic mass is 16.6. The van der Waals surface area contributed by atoms with Gasteiger partial charge in [0.25, 0.3) is 0 Å². The average Bonchev–Trinajstić information content (AvgIpc) is 3.08. The third kappa shape index (κ3) is 3.81. The zero-order chi connectivity index (χ0) is 20.1. The monoisotopic (exact) mass is 392 g/mol. The number of amides is 4. The minimum Gasteiger partial charge on any atom is -0.395 e. The van der Waals surface area contributed by atoms with Gasteiger partial charge in [-0.05, 0) is 0 Å². The number of urea groups is 2. The summed E-state index contributed by atoms with van der Waals surface area (Å²) in [5.41, 5.74) is 0. The van der Waals surface area contributed by atoms with Gasteiger partial charge in [0.2, 0.25) is 0 Å². The predicted molar refractivity (Wildman–Crippen MR) is 90.1 cm³/mol. The molecule has 4 unspecified atom stereocenters. The van der Waals surface area contributed by atoms with Gasteiger partial charge in [0.1, 0.15) is 6.67 Å².